The van der Waals surface area contributed by atoms with Gasteiger partial charge in [-0.15, -0.1) is 0 Å². The highest BCUT2D eigenvalue weighted by atomic mass is 79.9. The van der Waals surface area contributed by atoms with Crippen LogP contribution in [0, 0.1) is 0 Å². The van der Waals surface area contributed by atoms with E-state index in [1.807, 2.05) is 18.2 Å². The third-order valence-corrected chi connectivity index (χ3v) is 3.71. The van der Waals surface area contributed by atoms with Crippen LogP contribution in [0.15, 0.2) is 28.9 Å². The summed E-state index contributed by atoms with van der Waals surface area (Å²) in [4.78, 5) is 14.6. The Balaban J connectivity index is 2.03. The van der Waals surface area contributed by atoms with E-state index in [4.69, 9.17) is 4.74 Å². The fourth-order valence-corrected chi connectivity index (χ4v) is 2.54. The van der Waals surface area contributed by atoms with Crippen molar-refractivity contribution in [2.24, 2.45) is 0 Å². The number of aromatic amines is 1. The van der Waals surface area contributed by atoms with Gasteiger partial charge in [0.05, 0.1) is 0 Å². The number of nitrogens with one attached hydrogen (secondary N) is 2. The van der Waals surface area contributed by atoms with Gasteiger partial charge in [0, 0.05) is 33.7 Å². The lowest BCUT2D eigenvalue weighted by Gasteiger charge is -2.22. The van der Waals surface area contributed by atoms with Crippen LogP contribution in [0.2, 0.25) is 0 Å². The molecule has 0 aliphatic rings. The summed E-state index contributed by atoms with van der Waals surface area (Å²) in [5.74, 6) is 0. The Kier molecular flexibility index (Phi) is 5.33. The van der Waals surface area contributed by atoms with Crippen LogP contribution in [0.25, 0.3) is 10.9 Å². The van der Waals surface area contributed by atoms with E-state index >= 15 is 0 Å². The molecule has 0 saturated carbocycles. The topological polar surface area (TPSA) is 94.6 Å². The zero-order valence-electron chi connectivity index (χ0n) is 13.3. The first kappa shape index (κ1) is 17.8. The van der Waals surface area contributed by atoms with Crippen molar-refractivity contribution < 1.29 is 19.7 Å². The number of H-pyrrole nitrogens is 1. The molecule has 2 unspecified atom stereocenters. The summed E-state index contributed by atoms with van der Waals surface area (Å²) < 4.78 is 5.96. The molecule has 1 aromatic carbocycles. The Morgan fingerprint density at radius 3 is 2.74 bits per heavy atom. The van der Waals surface area contributed by atoms with E-state index in [1.54, 1.807) is 27.0 Å². The van der Waals surface area contributed by atoms with E-state index in [-0.39, 0.29) is 6.54 Å². The van der Waals surface area contributed by atoms with E-state index in [0.717, 1.165) is 15.4 Å². The lowest BCUT2D eigenvalue weighted by atomic mass is 10.0. The fourth-order valence-electron chi connectivity index (χ4n) is 2.18. The predicted octanol–water partition coefficient (Wildman–Crippen LogP) is 2.85. The Hall–Kier alpha value is -1.57. The minimum Gasteiger partial charge on any atom is -0.444 e. The van der Waals surface area contributed by atoms with Gasteiger partial charge in [-0.2, -0.15) is 0 Å². The average Bonchev–Trinajstić information content (AvgIpc) is 2.85. The number of benzene rings is 1. The van der Waals surface area contributed by atoms with Gasteiger partial charge >= 0.3 is 6.09 Å². The maximum absolute atomic E-state index is 11.6. The molecule has 2 atom stereocenters. The molecule has 0 aliphatic carbocycles. The molecule has 0 saturated heterocycles. The fraction of sp³-hybridized carbons (Fsp3) is 0.438. The van der Waals surface area contributed by atoms with E-state index < -0.39 is 23.9 Å². The molecule has 0 bridgehead atoms. The molecule has 1 amide bonds. The van der Waals surface area contributed by atoms with Crippen LogP contribution in [-0.4, -0.2) is 39.5 Å². The second-order valence-electron chi connectivity index (χ2n) is 6.33. The minimum atomic E-state index is -1.15. The van der Waals surface area contributed by atoms with Crippen molar-refractivity contribution in [2.45, 2.75) is 38.6 Å². The Morgan fingerprint density at radius 1 is 1.39 bits per heavy atom. The number of ether oxygens (including phenoxy) is 1. The molecule has 7 heteroatoms. The summed E-state index contributed by atoms with van der Waals surface area (Å²) in [5.41, 5.74) is 0.811. The van der Waals surface area contributed by atoms with Gasteiger partial charge in [-0.1, -0.05) is 15.9 Å². The maximum atomic E-state index is 11.6. The van der Waals surface area contributed by atoms with Gasteiger partial charge < -0.3 is 25.3 Å². The highest BCUT2D eigenvalue weighted by molar-refractivity contribution is 9.10. The van der Waals surface area contributed by atoms with Gasteiger partial charge in [0.1, 0.15) is 17.8 Å². The molecule has 2 aromatic rings. The number of aliphatic hydroxyl groups excluding tert-OH is 2. The first-order valence-electron chi connectivity index (χ1n) is 7.27. The summed E-state index contributed by atoms with van der Waals surface area (Å²) in [5, 5.41) is 23.7. The van der Waals surface area contributed by atoms with Crippen LogP contribution in [0.1, 0.15) is 32.4 Å². The SMILES string of the molecule is CC(C)(C)OC(=O)NCC(O)C(O)c1c[nH]c2ccc(Br)cc12. The highest BCUT2D eigenvalue weighted by Gasteiger charge is 2.23. The van der Waals surface area contributed by atoms with Crippen LogP contribution in [-0.2, 0) is 4.74 Å². The number of hydrogen-bond donors (Lipinski definition) is 4. The molecule has 23 heavy (non-hydrogen) atoms. The lowest BCUT2D eigenvalue weighted by molar-refractivity contribution is 0.0136. The molecule has 4 N–H and O–H groups in total. The molecule has 0 aliphatic heterocycles. The van der Waals surface area contributed by atoms with Crippen LogP contribution in [0.4, 0.5) is 4.79 Å². The molecule has 1 heterocycles. The van der Waals surface area contributed by atoms with Gasteiger partial charge in [-0.3, -0.25) is 0 Å². The zero-order chi connectivity index (χ0) is 17.2. The largest absolute Gasteiger partial charge is 0.444 e. The Bertz CT molecular complexity index is 693. The summed E-state index contributed by atoms with van der Waals surface area (Å²) >= 11 is 3.38. The number of halogens is 1. The number of carbonyl (C=O) groups is 1. The van der Waals surface area contributed by atoms with Crippen LogP contribution < -0.4 is 5.32 Å². The number of aromatic nitrogens is 1. The molecular weight excluding hydrogens is 364 g/mol. The van der Waals surface area contributed by atoms with E-state index in [2.05, 4.69) is 26.2 Å². The number of rotatable bonds is 4. The van der Waals surface area contributed by atoms with Crippen molar-refractivity contribution >= 4 is 32.9 Å². The summed E-state index contributed by atoms with van der Waals surface area (Å²) in [7, 11) is 0. The minimum absolute atomic E-state index is 0.114. The summed E-state index contributed by atoms with van der Waals surface area (Å²) in [6, 6.07) is 5.62. The molecule has 6 nitrogen and oxygen atoms in total. The quantitative estimate of drug-likeness (QED) is 0.651. The Labute approximate surface area is 143 Å². The summed E-state index contributed by atoms with van der Waals surface area (Å²) in [6.45, 7) is 5.14. The van der Waals surface area contributed by atoms with Gasteiger partial charge in [-0.05, 0) is 39.0 Å². The van der Waals surface area contributed by atoms with Crippen molar-refractivity contribution in [3.05, 3.63) is 34.4 Å². The number of aliphatic hydroxyl groups is 2. The molecular formula is C16H21BrN2O4. The second-order valence-corrected chi connectivity index (χ2v) is 7.24. The monoisotopic (exact) mass is 384 g/mol. The zero-order valence-corrected chi connectivity index (χ0v) is 14.8. The normalized spacial score (nSPS) is 14.5. The average molecular weight is 385 g/mol. The number of hydrogen-bond acceptors (Lipinski definition) is 4. The smallest absolute Gasteiger partial charge is 0.407 e. The number of carbonyl (C=O) groups excluding carboxylic acids is 1. The van der Waals surface area contributed by atoms with E-state index in [9.17, 15) is 15.0 Å². The van der Waals surface area contributed by atoms with Crippen LogP contribution >= 0.6 is 15.9 Å². The predicted molar refractivity (Wildman–Crippen MR) is 91.2 cm³/mol. The maximum Gasteiger partial charge on any atom is 0.407 e. The van der Waals surface area contributed by atoms with Crippen molar-refractivity contribution in [3.63, 3.8) is 0 Å². The number of amides is 1. The van der Waals surface area contributed by atoms with Gasteiger partial charge in [0.15, 0.2) is 0 Å². The number of alkyl carbamates (subject to hydrolysis) is 1. The van der Waals surface area contributed by atoms with Gasteiger partial charge in [0.2, 0.25) is 0 Å². The van der Waals surface area contributed by atoms with Crippen molar-refractivity contribution in [1.29, 1.82) is 0 Å². The molecule has 126 valence electrons. The number of fused-ring (bicyclic) bond motifs is 1. The molecule has 1 aromatic heterocycles. The lowest BCUT2D eigenvalue weighted by Crippen LogP contribution is -2.38. The molecule has 0 fully saturated rings. The van der Waals surface area contributed by atoms with Crippen molar-refractivity contribution in [2.75, 3.05) is 6.54 Å². The first-order valence-corrected chi connectivity index (χ1v) is 8.06. The third kappa shape index (κ3) is 4.70. The van der Waals surface area contributed by atoms with Crippen LogP contribution in [0.5, 0.6) is 0 Å². The Morgan fingerprint density at radius 2 is 2.09 bits per heavy atom. The molecule has 0 radical (unpaired) electrons. The molecule has 0 spiro atoms. The van der Waals surface area contributed by atoms with Gasteiger partial charge in [0.25, 0.3) is 0 Å². The standard InChI is InChI=1S/C16H21BrN2O4/c1-16(2,3)23-15(22)19-8-13(20)14(21)11-7-18-12-5-4-9(17)6-10(11)12/h4-7,13-14,18,20-21H,8H2,1-3H3,(H,19,22). The van der Waals surface area contributed by atoms with E-state index in [0.29, 0.717) is 5.56 Å². The third-order valence-electron chi connectivity index (χ3n) is 3.21. The first-order chi connectivity index (χ1) is 10.7. The van der Waals surface area contributed by atoms with Gasteiger partial charge in [-0.25, -0.2) is 4.79 Å². The second kappa shape index (κ2) is 6.90. The molecule has 2 rings (SSSR count). The van der Waals surface area contributed by atoms with E-state index in [1.165, 1.54) is 0 Å². The van der Waals surface area contributed by atoms with Crippen molar-refractivity contribution in [1.82, 2.24) is 10.3 Å². The summed E-state index contributed by atoms with van der Waals surface area (Å²) in [6.07, 6.45) is -1.27. The van der Waals surface area contributed by atoms with Crippen molar-refractivity contribution in [3.8, 4) is 0 Å². The van der Waals surface area contributed by atoms with Crippen LogP contribution in [0.3, 0.4) is 0 Å². The highest BCUT2D eigenvalue weighted by Crippen LogP contribution is 2.28.